The lowest BCUT2D eigenvalue weighted by molar-refractivity contribution is 0.628. The van der Waals surface area contributed by atoms with E-state index in [4.69, 9.17) is 28.9 Å². The van der Waals surface area contributed by atoms with Crippen LogP contribution in [-0.4, -0.2) is 0 Å². The molecule has 88 valence electrons. The molecular formula is C13H10Cl2FN. The zero-order valence-electron chi connectivity index (χ0n) is 9.10. The summed E-state index contributed by atoms with van der Waals surface area (Å²) in [5.74, 6) is -0.420. The average molecular weight is 270 g/mol. The van der Waals surface area contributed by atoms with Gasteiger partial charge in [-0.2, -0.15) is 0 Å². The Bertz CT molecular complexity index is 582. The summed E-state index contributed by atoms with van der Waals surface area (Å²) in [6, 6.07) is 7.98. The maximum absolute atomic E-state index is 13.3. The van der Waals surface area contributed by atoms with Gasteiger partial charge >= 0.3 is 0 Å². The van der Waals surface area contributed by atoms with E-state index in [2.05, 4.69) is 0 Å². The van der Waals surface area contributed by atoms with Crippen molar-refractivity contribution in [3.8, 4) is 11.1 Å². The molecule has 2 N–H and O–H groups in total. The molecule has 0 unspecified atom stereocenters. The third-order valence-corrected chi connectivity index (χ3v) is 3.30. The van der Waals surface area contributed by atoms with Crippen molar-refractivity contribution >= 4 is 28.9 Å². The molecule has 0 saturated heterocycles. The number of nitrogens with two attached hydrogens (primary N) is 1. The Kier molecular flexibility index (Phi) is 3.27. The number of anilines is 1. The molecule has 0 radical (unpaired) electrons. The Morgan fingerprint density at radius 2 is 1.76 bits per heavy atom. The highest BCUT2D eigenvalue weighted by molar-refractivity contribution is 6.34. The molecule has 0 aliphatic carbocycles. The van der Waals surface area contributed by atoms with Crippen LogP contribution in [0.25, 0.3) is 11.1 Å². The standard InChI is InChI=1S/C13H10Cl2FN/c1-7-2-3-8(4-11(7)14)10-5-9(16)6-12(15)13(10)17/h2-6H,17H2,1H3. The SMILES string of the molecule is Cc1ccc(-c2cc(F)cc(Cl)c2N)cc1Cl. The number of nitrogen functional groups attached to an aromatic ring is 1. The quantitative estimate of drug-likeness (QED) is 0.747. The van der Waals surface area contributed by atoms with Crippen molar-refractivity contribution in [3.63, 3.8) is 0 Å². The van der Waals surface area contributed by atoms with Gasteiger partial charge in [-0.05, 0) is 36.2 Å². The van der Waals surface area contributed by atoms with Crippen molar-refractivity contribution in [2.75, 3.05) is 5.73 Å². The van der Waals surface area contributed by atoms with Crippen LogP contribution in [-0.2, 0) is 0 Å². The van der Waals surface area contributed by atoms with Crippen molar-refractivity contribution in [3.05, 3.63) is 51.8 Å². The zero-order chi connectivity index (χ0) is 12.6. The summed E-state index contributed by atoms with van der Waals surface area (Å²) in [7, 11) is 0. The molecule has 2 aromatic rings. The van der Waals surface area contributed by atoms with Gasteiger partial charge in [0.2, 0.25) is 0 Å². The number of benzene rings is 2. The summed E-state index contributed by atoms with van der Waals surface area (Å²) in [6.45, 7) is 1.90. The van der Waals surface area contributed by atoms with Crippen LogP contribution in [0, 0.1) is 12.7 Å². The zero-order valence-corrected chi connectivity index (χ0v) is 10.6. The third-order valence-electron chi connectivity index (χ3n) is 2.58. The molecule has 0 spiro atoms. The fourth-order valence-corrected chi connectivity index (χ4v) is 1.97. The van der Waals surface area contributed by atoms with E-state index in [-0.39, 0.29) is 5.02 Å². The second-order valence-corrected chi connectivity index (χ2v) is 4.63. The van der Waals surface area contributed by atoms with Gasteiger partial charge in [0.25, 0.3) is 0 Å². The molecule has 1 nitrogen and oxygen atoms in total. The molecule has 0 amide bonds. The molecular weight excluding hydrogens is 260 g/mol. The molecule has 4 heteroatoms. The molecule has 0 aromatic heterocycles. The van der Waals surface area contributed by atoms with Crippen LogP contribution >= 0.6 is 23.2 Å². The fraction of sp³-hybridized carbons (Fsp3) is 0.0769. The highest BCUT2D eigenvalue weighted by atomic mass is 35.5. The van der Waals surface area contributed by atoms with Crippen LogP contribution in [0.2, 0.25) is 10.0 Å². The van der Waals surface area contributed by atoms with Gasteiger partial charge < -0.3 is 5.73 Å². The first kappa shape index (κ1) is 12.2. The van der Waals surface area contributed by atoms with Crippen LogP contribution in [0.5, 0.6) is 0 Å². The van der Waals surface area contributed by atoms with Crippen LogP contribution in [0.4, 0.5) is 10.1 Å². The van der Waals surface area contributed by atoms with Gasteiger partial charge in [-0.3, -0.25) is 0 Å². The number of hydrogen-bond acceptors (Lipinski definition) is 1. The lowest BCUT2D eigenvalue weighted by Crippen LogP contribution is -1.93. The summed E-state index contributed by atoms with van der Waals surface area (Å²) >= 11 is 11.9. The summed E-state index contributed by atoms with van der Waals surface area (Å²) in [5, 5.41) is 0.819. The van der Waals surface area contributed by atoms with Crippen LogP contribution in [0.1, 0.15) is 5.56 Å². The Hall–Kier alpha value is -1.25. The maximum atomic E-state index is 13.3. The monoisotopic (exact) mass is 269 g/mol. The van der Waals surface area contributed by atoms with Gasteiger partial charge in [0.15, 0.2) is 0 Å². The first-order valence-electron chi connectivity index (χ1n) is 5.00. The summed E-state index contributed by atoms with van der Waals surface area (Å²) in [5.41, 5.74) is 8.44. The van der Waals surface area contributed by atoms with Crippen molar-refractivity contribution < 1.29 is 4.39 Å². The minimum atomic E-state index is -0.420. The van der Waals surface area contributed by atoms with Gasteiger partial charge in [0.05, 0.1) is 10.7 Å². The van der Waals surface area contributed by atoms with E-state index in [0.717, 1.165) is 11.1 Å². The second-order valence-electron chi connectivity index (χ2n) is 3.81. The van der Waals surface area contributed by atoms with Gasteiger partial charge in [-0.25, -0.2) is 4.39 Å². The topological polar surface area (TPSA) is 26.0 Å². The Morgan fingerprint density at radius 3 is 2.41 bits per heavy atom. The Labute approximate surface area is 109 Å². The summed E-state index contributed by atoms with van der Waals surface area (Å²) < 4.78 is 13.3. The van der Waals surface area contributed by atoms with E-state index >= 15 is 0 Å². The molecule has 0 fully saturated rings. The lowest BCUT2D eigenvalue weighted by atomic mass is 10.0. The van der Waals surface area contributed by atoms with Crippen molar-refractivity contribution in [1.29, 1.82) is 0 Å². The first-order valence-corrected chi connectivity index (χ1v) is 5.75. The average Bonchev–Trinajstić information content (AvgIpc) is 2.27. The van der Waals surface area contributed by atoms with E-state index in [1.165, 1.54) is 12.1 Å². The first-order chi connectivity index (χ1) is 7.99. The summed E-state index contributed by atoms with van der Waals surface area (Å²) in [6.07, 6.45) is 0. The van der Waals surface area contributed by atoms with Gasteiger partial charge in [0, 0.05) is 10.6 Å². The van der Waals surface area contributed by atoms with E-state index in [1.807, 2.05) is 19.1 Å². The molecule has 0 aliphatic rings. The minimum absolute atomic E-state index is 0.205. The largest absolute Gasteiger partial charge is 0.397 e. The van der Waals surface area contributed by atoms with Crippen molar-refractivity contribution in [1.82, 2.24) is 0 Å². The smallest absolute Gasteiger partial charge is 0.125 e. The number of hydrogen-bond donors (Lipinski definition) is 1. The molecule has 2 aromatic carbocycles. The maximum Gasteiger partial charge on any atom is 0.125 e. The van der Waals surface area contributed by atoms with Crippen molar-refractivity contribution in [2.45, 2.75) is 6.92 Å². The number of aryl methyl sites for hydroxylation is 1. The Morgan fingerprint density at radius 1 is 1.06 bits per heavy atom. The Balaban J connectivity index is 2.64. The van der Waals surface area contributed by atoms with E-state index in [1.54, 1.807) is 6.07 Å². The van der Waals surface area contributed by atoms with E-state index < -0.39 is 5.82 Å². The second kappa shape index (κ2) is 4.55. The van der Waals surface area contributed by atoms with Gasteiger partial charge in [0.1, 0.15) is 5.82 Å². The molecule has 2 rings (SSSR count). The minimum Gasteiger partial charge on any atom is -0.397 e. The highest BCUT2D eigenvalue weighted by Gasteiger charge is 2.09. The van der Waals surface area contributed by atoms with E-state index in [0.29, 0.717) is 16.3 Å². The van der Waals surface area contributed by atoms with Crippen LogP contribution < -0.4 is 5.73 Å². The van der Waals surface area contributed by atoms with Gasteiger partial charge in [-0.15, -0.1) is 0 Å². The molecule has 0 atom stereocenters. The number of halogens is 3. The molecule has 0 saturated carbocycles. The molecule has 0 bridgehead atoms. The van der Waals surface area contributed by atoms with Crippen LogP contribution in [0.3, 0.4) is 0 Å². The lowest BCUT2D eigenvalue weighted by Gasteiger charge is -2.09. The number of rotatable bonds is 1. The summed E-state index contributed by atoms with van der Waals surface area (Å²) in [4.78, 5) is 0. The third kappa shape index (κ3) is 2.38. The van der Waals surface area contributed by atoms with E-state index in [9.17, 15) is 4.39 Å². The molecule has 17 heavy (non-hydrogen) atoms. The normalized spacial score (nSPS) is 10.6. The predicted molar refractivity (Wildman–Crippen MR) is 71.0 cm³/mol. The molecule has 0 aliphatic heterocycles. The van der Waals surface area contributed by atoms with Crippen molar-refractivity contribution in [2.24, 2.45) is 0 Å². The van der Waals surface area contributed by atoms with Crippen LogP contribution in [0.15, 0.2) is 30.3 Å². The highest BCUT2D eigenvalue weighted by Crippen LogP contribution is 2.34. The fourth-order valence-electron chi connectivity index (χ4n) is 1.58. The predicted octanol–water partition coefficient (Wildman–Crippen LogP) is 4.69. The molecule has 0 heterocycles. The van der Waals surface area contributed by atoms with Gasteiger partial charge in [-0.1, -0.05) is 35.3 Å².